The maximum atomic E-state index is 13.1. The summed E-state index contributed by atoms with van der Waals surface area (Å²) in [6, 6.07) is 17.6. The number of aromatic amines is 1. The Hall–Kier alpha value is -2.63. The minimum Gasteiger partial charge on any atom is -0.346 e. The smallest absolute Gasteiger partial charge is 0.223 e. The van der Waals surface area contributed by atoms with Crippen molar-refractivity contribution in [2.45, 2.75) is 38.1 Å². The van der Waals surface area contributed by atoms with Gasteiger partial charge in [0.2, 0.25) is 5.91 Å². The first kappa shape index (κ1) is 21.6. The third-order valence-electron chi connectivity index (χ3n) is 6.21. The van der Waals surface area contributed by atoms with Crippen LogP contribution in [0.3, 0.4) is 0 Å². The second kappa shape index (κ2) is 10.1. The quantitative estimate of drug-likeness (QED) is 0.492. The number of carbonyl (C=O) groups excluding carboxylic acids is 1. The third-order valence-corrected chi connectivity index (χ3v) is 6.45. The van der Waals surface area contributed by atoms with E-state index >= 15 is 0 Å². The molecular weight excluding hydrogens is 408 g/mol. The monoisotopic (exact) mass is 436 g/mol. The number of nitrogens with one attached hydrogen (secondary N) is 2. The summed E-state index contributed by atoms with van der Waals surface area (Å²) in [6.07, 6.45) is 6.33. The standard InChI is InChI=1S/C25H29ClN4O/c26-21-8-4-7-20(14-21)23-16-28-24(29-23)22(13-17-5-2-1-3-6-17)30-25(31)19-11-9-18(15-27)10-12-19/h1-8,14,16,18-19,22H,9-13,15,27H2,(H,28,29)(H,30,31)/t18?,19?,22-/m0/s1. The van der Waals surface area contributed by atoms with Crippen LogP contribution in [0, 0.1) is 11.8 Å². The van der Waals surface area contributed by atoms with Gasteiger partial charge in [-0.2, -0.15) is 0 Å². The molecule has 0 bridgehead atoms. The molecule has 0 unspecified atom stereocenters. The lowest BCUT2D eigenvalue weighted by molar-refractivity contribution is -0.127. The van der Waals surface area contributed by atoms with Gasteiger partial charge in [-0.1, -0.05) is 54.1 Å². The number of nitrogens with zero attached hydrogens (tertiary/aromatic N) is 1. The Morgan fingerprint density at radius 1 is 1.13 bits per heavy atom. The van der Waals surface area contributed by atoms with Crippen molar-refractivity contribution >= 4 is 17.5 Å². The van der Waals surface area contributed by atoms with Crippen molar-refractivity contribution < 1.29 is 4.79 Å². The summed E-state index contributed by atoms with van der Waals surface area (Å²) in [5.41, 5.74) is 8.81. The molecule has 1 aliphatic carbocycles. The lowest BCUT2D eigenvalue weighted by atomic mass is 9.81. The number of amides is 1. The molecule has 31 heavy (non-hydrogen) atoms. The molecule has 5 nitrogen and oxygen atoms in total. The van der Waals surface area contributed by atoms with Crippen molar-refractivity contribution in [2.75, 3.05) is 6.54 Å². The normalized spacial score (nSPS) is 19.7. The molecular formula is C25H29ClN4O. The summed E-state index contributed by atoms with van der Waals surface area (Å²) in [6.45, 7) is 0.712. The largest absolute Gasteiger partial charge is 0.346 e. The Bertz CT molecular complexity index is 996. The zero-order chi connectivity index (χ0) is 21.6. The molecule has 6 heteroatoms. The highest BCUT2D eigenvalue weighted by Gasteiger charge is 2.28. The van der Waals surface area contributed by atoms with E-state index in [4.69, 9.17) is 17.3 Å². The number of H-pyrrole nitrogens is 1. The van der Waals surface area contributed by atoms with Crippen molar-refractivity contribution in [1.29, 1.82) is 0 Å². The first-order valence-corrected chi connectivity index (χ1v) is 11.4. The van der Waals surface area contributed by atoms with Crippen LogP contribution in [0.2, 0.25) is 5.02 Å². The summed E-state index contributed by atoms with van der Waals surface area (Å²) < 4.78 is 0. The van der Waals surface area contributed by atoms with E-state index in [1.165, 1.54) is 0 Å². The van der Waals surface area contributed by atoms with E-state index in [-0.39, 0.29) is 17.9 Å². The van der Waals surface area contributed by atoms with E-state index in [1.54, 1.807) is 6.20 Å². The van der Waals surface area contributed by atoms with Gasteiger partial charge in [0, 0.05) is 16.5 Å². The number of rotatable bonds is 7. The number of nitrogens with two attached hydrogens (primary N) is 1. The summed E-state index contributed by atoms with van der Waals surface area (Å²) in [5, 5.41) is 3.95. The van der Waals surface area contributed by atoms with Crippen molar-refractivity contribution in [2.24, 2.45) is 17.6 Å². The highest BCUT2D eigenvalue weighted by atomic mass is 35.5. The summed E-state index contributed by atoms with van der Waals surface area (Å²) in [7, 11) is 0. The van der Waals surface area contributed by atoms with Gasteiger partial charge >= 0.3 is 0 Å². The highest BCUT2D eigenvalue weighted by molar-refractivity contribution is 6.30. The Balaban J connectivity index is 1.53. The van der Waals surface area contributed by atoms with Crippen LogP contribution in [0.25, 0.3) is 11.3 Å². The van der Waals surface area contributed by atoms with E-state index in [0.717, 1.165) is 48.3 Å². The van der Waals surface area contributed by atoms with Gasteiger partial charge < -0.3 is 16.0 Å². The molecule has 1 saturated carbocycles. The van der Waals surface area contributed by atoms with Gasteiger partial charge in [-0.3, -0.25) is 4.79 Å². The second-order valence-corrected chi connectivity index (χ2v) is 8.83. The molecule has 1 amide bonds. The molecule has 1 aromatic heterocycles. The summed E-state index contributed by atoms with van der Waals surface area (Å²) in [5.74, 6) is 1.46. The molecule has 1 aliphatic rings. The van der Waals surface area contributed by atoms with Gasteiger partial charge in [-0.25, -0.2) is 4.98 Å². The van der Waals surface area contributed by atoms with Crippen LogP contribution in [0.5, 0.6) is 0 Å². The summed E-state index contributed by atoms with van der Waals surface area (Å²) >= 11 is 6.15. The topological polar surface area (TPSA) is 83.8 Å². The van der Waals surface area contributed by atoms with E-state index in [9.17, 15) is 4.79 Å². The lowest BCUT2D eigenvalue weighted by Crippen LogP contribution is -2.37. The molecule has 0 saturated heterocycles. The number of hydrogen-bond donors (Lipinski definition) is 3. The predicted molar refractivity (Wildman–Crippen MR) is 125 cm³/mol. The fourth-order valence-corrected chi connectivity index (χ4v) is 4.52. The average molecular weight is 437 g/mol. The first-order valence-electron chi connectivity index (χ1n) is 11.0. The summed E-state index contributed by atoms with van der Waals surface area (Å²) in [4.78, 5) is 21.1. The SMILES string of the molecule is NCC1CCC(C(=O)N[C@@H](Cc2ccccc2)c2ncc(-c3cccc(Cl)c3)[nH]2)CC1. The fourth-order valence-electron chi connectivity index (χ4n) is 4.33. The molecule has 3 aromatic rings. The van der Waals surface area contributed by atoms with Crippen LogP contribution in [-0.4, -0.2) is 22.4 Å². The number of carbonyl (C=O) groups is 1. The Morgan fingerprint density at radius 3 is 2.61 bits per heavy atom. The van der Waals surface area contributed by atoms with E-state index in [1.807, 2.05) is 42.5 Å². The number of benzene rings is 2. The third kappa shape index (κ3) is 5.54. The molecule has 2 aromatic carbocycles. The fraction of sp³-hybridized carbons (Fsp3) is 0.360. The number of aromatic nitrogens is 2. The molecule has 162 valence electrons. The van der Waals surface area contributed by atoms with Gasteiger partial charge in [0.15, 0.2) is 0 Å². The van der Waals surface area contributed by atoms with E-state index in [2.05, 4.69) is 27.4 Å². The van der Waals surface area contributed by atoms with Crippen LogP contribution >= 0.6 is 11.6 Å². The maximum Gasteiger partial charge on any atom is 0.223 e. The van der Waals surface area contributed by atoms with Crippen LogP contribution in [0.4, 0.5) is 0 Å². The van der Waals surface area contributed by atoms with E-state index < -0.39 is 0 Å². The Labute approximate surface area is 188 Å². The van der Waals surface area contributed by atoms with Crippen molar-refractivity contribution in [3.63, 3.8) is 0 Å². The highest BCUT2D eigenvalue weighted by Crippen LogP contribution is 2.29. The molecule has 0 spiro atoms. The molecule has 1 fully saturated rings. The van der Waals surface area contributed by atoms with Gasteiger partial charge in [0.1, 0.15) is 5.82 Å². The van der Waals surface area contributed by atoms with Crippen LogP contribution in [0.1, 0.15) is 43.1 Å². The minimum absolute atomic E-state index is 0.0448. The van der Waals surface area contributed by atoms with Crippen LogP contribution in [-0.2, 0) is 11.2 Å². The van der Waals surface area contributed by atoms with Crippen molar-refractivity contribution in [1.82, 2.24) is 15.3 Å². The molecule has 0 aliphatic heterocycles. The second-order valence-electron chi connectivity index (χ2n) is 8.40. The van der Waals surface area contributed by atoms with Gasteiger partial charge in [-0.05, 0) is 62.3 Å². The van der Waals surface area contributed by atoms with Crippen LogP contribution < -0.4 is 11.1 Å². The first-order chi connectivity index (χ1) is 15.1. The minimum atomic E-state index is -0.227. The zero-order valence-electron chi connectivity index (χ0n) is 17.6. The predicted octanol–water partition coefficient (Wildman–Crippen LogP) is 4.90. The number of halogens is 1. The maximum absolute atomic E-state index is 13.1. The van der Waals surface area contributed by atoms with Gasteiger partial charge in [-0.15, -0.1) is 0 Å². The molecule has 0 radical (unpaired) electrons. The molecule has 4 rings (SSSR count). The van der Waals surface area contributed by atoms with Gasteiger partial charge in [0.05, 0.1) is 17.9 Å². The van der Waals surface area contributed by atoms with Crippen molar-refractivity contribution in [3.8, 4) is 11.3 Å². The average Bonchev–Trinajstić information content (AvgIpc) is 3.30. The number of imidazole rings is 1. The number of hydrogen-bond acceptors (Lipinski definition) is 3. The van der Waals surface area contributed by atoms with Gasteiger partial charge in [0.25, 0.3) is 0 Å². The Morgan fingerprint density at radius 2 is 1.90 bits per heavy atom. The van der Waals surface area contributed by atoms with Crippen molar-refractivity contribution in [3.05, 3.63) is 77.2 Å². The van der Waals surface area contributed by atoms with Crippen LogP contribution in [0.15, 0.2) is 60.8 Å². The van der Waals surface area contributed by atoms with E-state index in [0.29, 0.717) is 23.9 Å². The molecule has 1 atom stereocenters. The molecule has 1 heterocycles. The molecule has 4 N–H and O–H groups in total. The zero-order valence-corrected chi connectivity index (χ0v) is 18.3. The Kier molecular flexibility index (Phi) is 7.05. The lowest BCUT2D eigenvalue weighted by Gasteiger charge is -2.28.